The molecule has 1 heterocycles. The van der Waals surface area contributed by atoms with Crippen molar-refractivity contribution in [2.45, 2.75) is 39.0 Å². The minimum absolute atomic E-state index is 0.0323. The molecule has 0 saturated carbocycles. The average Bonchev–Trinajstić information content (AvgIpc) is 2.43. The van der Waals surface area contributed by atoms with Gasteiger partial charge in [0.1, 0.15) is 5.60 Å². The normalized spacial score (nSPS) is 14.9. The Balaban J connectivity index is 1.92. The fourth-order valence-electron chi connectivity index (χ4n) is 2.49. The summed E-state index contributed by atoms with van der Waals surface area (Å²) in [7, 11) is 1.86. The molecular weight excluding hydrogens is 294 g/mol. The van der Waals surface area contributed by atoms with Crippen LogP contribution < -0.4 is 5.32 Å². The summed E-state index contributed by atoms with van der Waals surface area (Å²) in [5, 5.41) is 3.13. The van der Waals surface area contributed by atoms with E-state index in [9.17, 15) is 9.59 Å². The molecule has 1 aromatic carbocycles. The average molecular weight is 319 g/mol. The van der Waals surface area contributed by atoms with Gasteiger partial charge < -0.3 is 19.9 Å². The van der Waals surface area contributed by atoms with E-state index in [1.165, 1.54) is 0 Å². The Labute approximate surface area is 137 Å². The highest BCUT2D eigenvalue weighted by molar-refractivity contribution is 5.69. The molecule has 2 amide bonds. The molecule has 23 heavy (non-hydrogen) atoms. The minimum Gasteiger partial charge on any atom is -0.444 e. The number of anilines is 1. The van der Waals surface area contributed by atoms with Gasteiger partial charge in [-0.15, -0.1) is 0 Å². The molecule has 1 fully saturated rings. The second-order valence-electron chi connectivity index (χ2n) is 6.72. The summed E-state index contributed by atoms with van der Waals surface area (Å²) < 4.78 is 5.33. The van der Waals surface area contributed by atoms with Crippen LogP contribution in [0.5, 0.6) is 0 Å². The van der Waals surface area contributed by atoms with Gasteiger partial charge in [0.2, 0.25) is 6.41 Å². The predicted octanol–water partition coefficient (Wildman–Crippen LogP) is 2.31. The van der Waals surface area contributed by atoms with Crippen molar-refractivity contribution in [1.82, 2.24) is 9.80 Å². The molecule has 0 spiro atoms. The van der Waals surface area contributed by atoms with Crippen LogP contribution in [0, 0.1) is 0 Å². The van der Waals surface area contributed by atoms with Crippen LogP contribution in [0.2, 0.25) is 0 Å². The zero-order valence-electron chi connectivity index (χ0n) is 14.2. The van der Waals surface area contributed by atoms with Gasteiger partial charge in [0, 0.05) is 32.4 Å². The topological polar surface area (TPSA) is 61.9 Å². The summed E-state index contributed by atoms with van der Waals surface area (Å²) in [5.41, 5.74) is 1.55. The van der Waals surface area contributed by atoms with Crippen LogP contribution in [-0.4, -0.2) is 54.1 Å². The lowest BCUT2D eigenvalue weighted by molar-refractivity contribution is -0.124. The Hall–Kier alpha value is -2.24. The lowest BCUT2D eigenvalue weighted by Crippen LogP contribution is -2.61. The van der Waals surface area contributed by atoms with Gasteiger partial charge in [-0.25, -0.2) is 4.79 Å². The molecule has 1 saturated heterocycles. The molecule has 0 aliphatic carbocycles. The van der Waals surface area contributed by atoms with Crippen LogP contribution in [0.4, 0.5) is 10.5 Å². The summed E-state index contributed by atoms with van der Waals surface area (Å²) in [6, 6.07) is 7.91. The van der Waals surface area contributed by atoms with Gasteiger partial charge >= 0.3 is 6.09 Å². The maximum absolute atomic E-state index is 11.9. The maximum Gasteiger partial charge on any atom is 0.410 e. The van der Waals surface area contributed by atoms with Crippen LogP contribution in [-0.2, 0) is 16.1 Å². The first-order valence-corrected chi connectivity index (χ1v) is 7.78. The number of para-hydroxylation sites is 1. The van der Waals surface area contributed by atoms with Crippen LogP contribution in [0.15, 0.2) is 24.3 Å². The molecule has 6 nitrogen and oxygen atoms in total. The Morgan fingerprint density at radius 3 is 2.61 bits per heavy atom. The standard InChI is InChI=1S/C17H25N3O3/c1-17(2,3)23-16(22)19-10-14(11-19)20(12-21)9-13-7-5-6-8-15(13)18-4/h5-8,12,14,18H,9-11H2,1-4H3. The molecule has 0 bridgehead atoms. The molecule has 0 atom stereocenters. The number of likely N-dealkylation sites (tertiary alicyclic amines) is 1. The summed E-state index contributed by atoms with van der Waals surface area (Å²) in [4.78, 5) is 26.7. The quantitative estimate of drug-likeness (QED) is 0.846. The number of benzene rings is 1. The number of amides is 2. The third-order valence-electron chi connectivity index (χ3n) is 3.76. The molecule has 1 aliphatic heterocycles. The van der Waals surface area contributed by atoms with E-state index >= 15 is 0 Å². The van der Waals surface area contributed by atoms with Crippen LogP contribution in [0.3, 0.4) is 0 Å². The third kappa shape index (κ3) is 4.37. The number of rotatable bonds is 5. The predicted molar refractivity (Wildman–Crippen MR) is 89.2 cm³/mol. The van der Waals surface area contributed by atoms with Crippen molar-refractivity contribution in [2.75, 3.05) is 25.5 Å². The highest BCUT2D eigenvalue weighted by Crippen LogP contribution is 2.22. The summed E-state index contributed by atoms with van der Waals surface area (Å²) in [6.07, 6.45) is 0.527. The van der Waals surface area contributed by atoms with Gasteiger partial charge in [0.05, 0.1) is 6.04 Å². The molecule has 1 aliphatic rings. The van der Waals surface area contributed by atoms with E-state index in [0.29, 0.717) is 19.6 Å². The number of hydrogen-bond donors (Lipinski definition) is 1. The van der Waals surface area contributed by atoms with E-state index in [4.69, 9.17) is 4.74 Å². The molecule has 1 aromatic rings. The van der Waals surface area contributed by atoms with E-state index in [-0.39, 0.29) is 12.1 Å². The van der Waals surface area contributed by atoms with Crippen LogP contribution in [0.25, 0.3) is 0 Å². The fourth-order valence-corrected chi connectivity index (χ4v) is 2.49. The molecule has 1 N–H and O–H groups in total. The summed E-state index contributed by atoms with van der Waals surface area (Å²) in [5.74, 6) is 0. The monoisotopic (exact) mass is 319 g/mol. The van der Waals surface area contributed by atoms with Gasteiger partial charge in [-0.05, 0) is 32.4 Å². The first kappa shape index (κ1) is 17.1. The second kappa shape index (κ2) is 6.89. The van der Waals surface area contributed by atoms with Crippen LogP contribution in [0.1, 0.15) is 26.3 Å². The van der Waals surface area contributed by atoms with Crippen molar-refractivity contribution in [3.05, 3.63) is 29.8 Å². The molecule has 2 rings (SSSR count). The number of carbonyl (C=O) groups excluding carboxylic acids is 2. The number of hydrogen-bond acceptors (Lipinski definition) is 4. The van der Waals surface area contributed by atoms with Crippen molar-refractivity contribution in [3.8, 4) is 0 Å². The van der Waals surface area contributed by atoms with Crippen LogP contribution >= 0.6 is 0 Å². The number of nitrogens with one attached hydrogen (secondary N) is 1. The Kier molecular flexibility index (Phi) is 5.13. The third-order valence-corrected chi connectivity index (χ3v) is 3.76. The highest BCUT2D eigenvalue weighted by Gasteiger charge is 2.36. The van der Waals surface area contributed by atoms with E-state index in [1.807, 2.05) is 52.1 Å². The van der Waals surface area contributed by atoms with Crippen molar-refractivity contribution in [2.24, 2.45) is 0 Å². The molecule has 0 unspecified atom stereocenters. The first-order chi connectivity index (χ1) is 10.8. The van der Waals surface area contributed by atoms with Gasteiger partial charge in [-0.3, -0.25) is 4.79 Å². The number of ether oxygens (including phenoxy) is 1. The van der Waals surface area contributed by atoms with E-state index in [1.54, 1.807) is 9.80 Å². The van der Waals surface area contributed by atoms with Crippen molar-refractivity contribution < 1.29 is 14.3 Å². The van der Waals surface area contributed by atoms with Gasteiger partial charge in [-0.1, -0.05) is 18.2 Å². The summed E-state index contributed by atoms with van der Waals surface area (Å²) in [6.45, 7) is 7.07. The molecule has 0 aromatic heterocycles. The Morgan fingerprint density at radius 2 is 2.04 bits per heavy atom. The maximum atomic E-state index is 11.9. The smallest absolute Gasteiger partial charge is 0.410 e. The molecule has 0 radical (unpaired) electrons. The van der Waals surface area contributed by atoms with Crippen molar-refractivity contribution in [1.29, 1.82) is 0 Å². The summed E-state index contributed by atoms with van der Waals surface area (Å²) >= 11 is 0. The zero-order valence-corrected chi connectivity index (χ0v) is 14.2. The van der Waals surface area contributed by atoms with Crippen molar-refractivity contribution >= 4 is 18.2 Å². The van der Waals surface area contributed by atoms with E-state index < -0.39 is 5.60 Å². The highest BCUT2D eigenvalue weighted by atomic mass is 16.6. The molecule has 126 valence electrons. The van der Waals surface area contributed by atoms with E-state index in [2.05, 4.69) is 5.32 Å². The zero-order chi connectivity index (χ0) is 17.0. The van der Waals surface area contributed by atoms with E-state index in [0.717, 1.165) is 17.7 Å². The fraction of sp³-hybridized carbons (Fsp3) is 0.529. The molecular formula is C17H25N3O3. The van der Waals surface area contributed by atoms with Gasteiger partial charge in [0.25, 0.3) is 0 Å². The Bertz CT molecular complexity index is 562. The first-order valence-electron chi connectivity index (χ1n) is 7.78. The van der Waals surface area contributed by atoms with Gasteiger partial charge in [-0.2, -0.15) is 0 Å². The lowest BCUT2D eigenvalue weighted by Gasteiger charge is -2.44. The number of nitrogens with zero attached hydrogens (tertiary/aromatic N) is 2. The van der Waals surface area contributed by atoms with Gasteiger partial charge in [0.15, 0.2) is 0 Å². The second-order valence-corrected chi connectivity index (χ2v) is 6.72. The largest absolute Gasteiger partial charge is 0.444 e. The Morgan fingerprint density at radius 1 is 1.39 bits per heavy atom. The SMILES string of the molecule is CNc1ccccc1CN(C=O)C1CN(C(=O)OC(C)(C)C)C1. The van der Waals surface area contributed by atoms with Crippen molar-refractivity contribution in [3.63, 3.8) is 0 Å². The number of carbonyl (C=O) groups is 2. The molecule has 6 heteroatoms. The lowest BCUT2D eigenvalue weighted by atomic mass is 10.1. The minimum atomic E-state index is -0.502.